The average molecular weight is 398 g/mol. The Morgan fingerprint density at radius 1 is 1.03 bits per heavy atom. The van der Waals surface area contributed by atoms with Crippen LogP contribution in [0.1, 0.15) is 55.2 Å². The molecular weight excluding hydrogens is 370 g/mol. The normalized spacial score (nSPS) is 15.9. The van der Waals surface area contributed by atoms with Crippen LogP contribution in [0.4, 0.5) is 5.82 Å². The molecule has 2 aromatic heterocycles. The summed E-state index contributed by atoms with van der Waals surface area (Å²) < 4.78 is 5.69. The van der Waals surface area contributed by atoms with Crippen LogP contribution in [0.5, 0.6) is 0 Å². The molecular formula is C26H27N3O. The van der Waals surface area contributed by atoms with E-state index in [1.165, 1.54) is 28.5 Å². The van der Waals surface area contributed by atoms with Gasteiger partial charge in [0.2, 0.25) is 0 Å². The SMILES string of the molecule is CCc1nc(N[C@@H]2CCCc3ccccc32)cc(-c2ccc3occ(CC)c3c2)n1. The van der Waals surface area contributed by atoms with Gasteiger partial charge in [0.15, 0.2) is 0 Å². The van der Waals surface area contributed by atoms with Gasteiger partial charge in [0.05, 0.1) is 18.0 Å². The Kier molecular flexibility index (Phi) is 4.99. The highest BCUT2D eigenvalue weighted by Gasteiger charge is 2.20. The van der Waals surface area contributed by atoms with Crippen molar-refractivity contribution in [1.82, 2.24) is 9.97 Å². The molecule has 1 N–H and O–H groups in total. The highest BCUT2D eigenvalue weighted by atomic mass is 16.3. The van der Waals surface area contributed by atoms with Gasteiger partial charge in [-0.2, -0.15) is 0 Å². The minimum atomic E-state index is 0.297. The van der Waals surface area contributed by atoms with E-state index < -0.39 is 0 Å². The van der Waals surface area contributed by atoms with Gasteiger partial charge in [-0.05, 0) is 60.6 Å². The maximum absolute atomic E-state index is 5.69. The summed E-state index contributed by atoms with van der Waals surface area (Å²) in [5.74, 6) is 1.77. The fourth-order valence-electron chi connectivity index (χ4n) is 4.47. The summed E-state index contributed by atoms with van der Waals surface area (Å²) in [6.07, 6.45) is 7.10. The van der Waals surface area contributed by atoms with Crippen LogP contribution in [0.3, 0.4) is 0 Å². The van der Waals surface area contributed by atoms with Gasteiger partial charge in [0, 0.05) is 23.4 Å². The van der Waals surface area contributed by atoms with E-state index in [1.54, 1.807) is 0 Å². The molecule has 0 aliphatic heterocycles. The smallest absolute Gasteiger partial charge is 0.134 e. The summed E-state index contributed by atoms with van der Waals surface area (Å²) in [4.78, 5) is 9.61. The number of nitrogens with one attached hydrogen (secondary N) is 1. The van der Waals surface area contributed by atoms with Crippen molar-refractivity contribution in [1.29, 1.82) is 0 Å². The molecule has 1 aliphatic carbocycles. The minimum Gasteiger partial charge on any atom is -0.464 e. The molecule has 1 atom stereocenters. The lowest BCUT2D eigenvalue weighted by molar-refractivity contribution is 0.598. The van der Waals surface area contributed by atoms with Crippen LogP contribution < -0.4 is 5.32 Å². The zero-order valence-electron chi connectivity index (χ0n) is 17.6. The number of hydrogen-bond acceptors (Lipinski definition) is 4. The molecule has 0 fully saturated rings. The van der Waals surface area contributed by atoms with Gasteiger partial charge in [-0.3, -0.25) is 0 Å². The van der Waals surface area contributed by atoms with Crippen LogP contribution in [-0.4, -0.2) is 9.97 Å². The summed E-state index contributed by atoms with van der Waals surface area (Å²) >= 11 is 0. The van der Waals surface area contributed by atoms with Crippen molar-refractivity contribution in [3.63, 3.8) is 0 Å². The lowest BCUT2D eigenvalue weighted by Gasteiger charge is -2.27. The standard InChI is InChI=1S/C26H27N3O/c1-3-17-16-30-24-13-12-19(14-21(17)24)23-15-26(29-25(4-2)28-23)27-22-11-7-9-18-8-5-6-10-20(18)22/h5-6,8,10,12-16,22H,3-4,7,9,11H2,1-2H3,(H,27,28,29)/t22-/m1/s1. The van der Waals surface area contributed by atoms with Crippen LogP contribution in [0.2, 0.25) is 0 Å². The molecule has 1 aliphatic rings. The van der Waals surface area contributed by atoms with Crippen molar-refractivity contribution in [2.45, 2.75) is 52.0 Å². The molecule has 0 amide bonds. The predicted molar refractivity (Wildman–Crippen MR) is 122 cm³/mol. The van der Waals surface area contributed by atoms with E-state index in [9.17, 15) is 0 Å². The molecule has 5 rings (SSSR count). The average Bonchev–Trinajstić information content (AvgIpc) is 3.21. The summed E-state index contributed by atoms with van der Waals surface area (Å²) in [6, 6.07) is 17.5. The van der Waals surface area contributed by atoms with Crippen molar-refractivity contribution in [2.75, 3.05) is 5.32 Å². The van der Waals surface area contributed by atoms with Crippen LogP contribution in [0.25, 0.3) is 22.2 Å². The van der Waals surface area contributed by atoms with E-state index in [0.717, 1.165) is 54.2 Å². The fraction of sp³-hybridized carbons (Fsp3) is 0.308. The van der Waals surface area contributed by atoms with Crippen molar-refractivity contribution in [3.05, 3.63) is 77.3 Å². The second kappa shape index (κ2) is 7.94. The Morgan fingerprint density at radius 3 is 2.80 bits per heavy atom. The van der Waals surface area contributed by atoms with Crippen molar-refractivity contribution in [3.8, 4) is 11.3 Å². The van der Waals surface area contributed by atoms with Gasteiger partial charge in [0.25, 0.3) is 0 Å². The molecule has 2 aromatic carbocycles. The first-order chi connectivity index (χ1) is 14.7. The largest absolute Gasteiger partial charge is 0.464 e. The van der Waals surface area contributed by atoms with Crippen molar-refractivity contribution >= 4 is 16.8 Å². The van der Waals surface area contributed by atoms with E-state index in [2.05, 4.69) is 61.6 Å². The molecule has 4 nitrogen and oxygen atoms in total. The van der Waals surface area contributed by atoms with E-state index in [1.807, 2.05) is 12.3 Å². The van der Waals surface area contributed by atoms with Crippen LogP contribution in [-0.2, 0) is 19.3 Å². The minimum absolute atomic E-state index is 0.297. The summed E-state index contributed by atoms with van der Waals surface area (Å²) in [7, 11) is 0. The first-order valence-corrected chi connectivity index (χ1v) is 11.0. The maximum atomic E-state index is 5.69. The number of fused-ring (bicyclic) bond motifs is 2. The maximum Gasteiger partial charge on any atom is 0.134 e. The van der Waals surface area contributed by atoms with Gasteiger partial charge >= 0.3 is 0 Å². The lowest BCUT2D eigenvalue weighted by Crippen LogP contribution is -2.18. The number of anilines is 1. The summed E-state index contributed by atoms with van der Waals surface area (Å²) in [5, 5.41) is 4.88. The highest BCUT2D eigenvalue weighted by Crippen LogP contribution is 2.33. The molecule has 4 aromatic rings. The number of aromatic nitrogens is 2. The molecule has 2 heterocycles. The second-order valence-corrected chi connectivity index (χ2v) is 8.02. The summed E-state index contributed by atoms with van der Waals surface area (Å²) in [6.45, 7) is 4.26. The molecule has 0 bridgehead atoms. The first kappa shape index (κ1) is 18.9. The van der Waals surface area contributed by atoms with E-state index in [4.69, 9.17) is 14.4 Å². The molecule has 4 heteroatoms. The lowest BCUT2D eigenvalue weighted by atomic mass is 9.88. The van der Waals surface area contributed by atoms with E-state index in [0.29, 0.717) is 6.04 Å². The van der Waals surface area contributed by atoms with Crippen LogP contribution in [0.15, 0.2) is 59.2 Å². The van der Waals surface area contributed by atoms with Crippen LogP contribution >= 0.6 is 0 Å². The Hall–Kier alpha value is -3.14. The molecule has 0 unspecified atom stereocenters. The quantitative estimate of drug-likeness (QED) is 0.417. The second-order valence-electron chi connectivity index (χ2n) is 8.02. The Morgan fingerprint density at radius 2 is 1.93 bits per heavy atom. The van der Waals surface area contributed by atoms with Gasteiger partial charge in [-0.15, -0.1) is 0 Å². The number of hydrogen-bond donors (Lipinski definition) is 1. The number of furan rings is 1. The number of aryl methyl sites for hydroxylation is 3. The third kappa shape index (κ3) is 3.47. The Bertz CT molecular complexity index is 1190. The molecule has 0 saturated heterocycles. The Balaban J connectivity index is 1.52. The zero-order chi connectivity index (χ0) is 20.5. The number of rotatable bonds is 5. The van der Waals surface area contributed by atoms with Gasteiger partial charge < -0.3 is 9.73 Å². The predicted octanol–water partition coefficient (Wildman–Crippen LogP) is 6.50. The van der Waals surface area contributed by atoms with Gasteiger partial charge in [0.1, 0.15) is 17.2 Å². The van der Waals surface area contributed by atoms with Gasteiger partial charge in [-0.1, -0.05) is 38.1 Å². The highest BCUT2D eigenvalue weighted by molar-refractivity contribution is 5.86. The Labute approximate surface area is 177 Å². The van der Waals surface area contributed by atoms with Gasteiger partial charge in [-0.25, -0.2) is 9.97 Å². The third-order valence-electron chi connectivity index (χ3n) is 6.11. The molecule has 0 saturated carbocycles. The zero-order valence-corrected chi connectivity index (χ0v) is 17.6. The van der Waals surface area contributed by atoms with Crippen molar-refractivity contribution in [2.24, 2.45) is 0 Å². The topological polar surface area (TPSA) is 51.0 Å². The van der Waals surface area contributed by atoms with Crippen molar-refractivity contribution < 1.29 is 4.42 Å². The fourth-order valence-corrected chi connectivity index (χ4v) is 4.47. The summed E-state index contributed by atoms with van der Waals surface area (Å²) in [5.41, 5.74) is 7.06. The monoisotopic (exact) mass is 397 g/mol. The van der Waals surface area contributed by atoms with E-state index in [-0.39, 0.29) is 0 Å². The van der Waals surface area contributed by atoms with Crippen LogP contribution in [0, 0.1) is 0 Å². The third-order valence-corrected chi connectivity index (χ3v) is 6.11. The van der Waals surface area contributed by atoms with E-state index >= 15 is 0 Å². The number of nitrogens with zero attached hydrogens (tertiary/aromatic N) is 2. The number of benzene rings is 2. The molecule has 0 spiro atoms. The molecule has 152 valence electrons. The molecule has 0 radical (unpaired) electrons. The molecule has 30 heavy (non-hydrogen) atoms. The first-order valence-electron chi connectivity index (χ1n) is 11.0.